The fourth-order valence-corrected chi connectivity index (χ4v) is 24.8. The van der Waals surface area contributed by atoms with Crippen LogP contribution in [0.25, 0.3) is 44.5 Å². The number of para-hydroxylation sites is 2. The van der Waals surface area contributed by atoms with E-state index in [-0.39, 0.29) is 0 Å². The van der Waals surface area contributed by atoms with Crippen LogP contribution in [0.4, 0.5) is 17.1 Å². The zero-order valence-corrected chi connectivity index (χ0v) is 43.8. The molecule has 0 atom stereocenters. The molecule has 0 aliphatic carbocycles. The number of nitrogens with zero attached hydrogens (tertiary/aromatic N) is 1. The molecule has 2 nitrogen and oxygen atoms in total. The van der Waals surface area contributed by atoms with Crippen molar-refractivity contribution in [2.24, 2.45) is 0 Å². The molecule has 1 spiro atoms. The van der Waals surface area contributed by atoms with Crippen LogP contribution in [0.15, 0.2) is 309 Å². The highest BCUT2D eigenvalue weighted by molar-refractivity contribution is 7.33. The lowest BCUT2D eigenvalue weighted by Gasteiger charge is -2.50. The van der Waals surface area contributed by atoms with Crippen molar-refractivity contribution in [1.29, 1.82) is 0 Å². The van der Waals surface area contributed by atoms with Gasteiger partial charge < -0.3 is 9.64 Å². The van der Waals surface area contributed by atoms with E-state index < -0.39 is 16.1 Å². The van der Waals surface area contributed by atoms with Crippen LogP contribution in [-0.4, -0.2) is 16.1 Å². The Morgan fingerprint density at radius 1 is 0.211 bits per heavy atom. The van der Waals surface area contributed by atoms with E-state index in [2.05, 4.69) is 314 Å². The minimum absolute atomic E-state index is 0.941. The van der Waals surface area contributed by atoms with Gasteiger partial charge in [0.25, 0.3) is 0 Å². The fraction of sp³-hybridized carbons (Fsp3) is 0. The monoisotopic (exact) mass is 1000 g/mol. The predicted octanol–water partition coefficient (Wildman–Crippen LogP) is 13.0. The molecule has 12 aromatic rings. The van der Waals surface area contributed by atoms with Gasteiger partial charge in [-0.3, -0.25) is 0 Å². The Bertz CT molecular complexity index is 3960. The van der Waals surface area contributed by atoms with Gasteiger partial charge in [-0.25, -0.2) is 0 Å². The number of hydrogen-bond donors (Lipinski definition) is 0. The highest BCUT2D eigenvalue weighted by Crippen LogP contribution is 2.39. The van der Waals surface area contributed by atoms with Crippen LogP contribution in [0, 0.1) is 0 Å². The molecule has 0 saturated heterocycles. The summed E-state index contributed by atoms with van der Waals surface area (Å²) < 4.78 is 7.00. The van der Waals surface area contributed by atoms with Crippen LogP contribution in [0.1, 0.15) is 0 Å². The Morgan fingerprint density at radius 2 is 0.553 bits per heavy atom. The summed E-state index contributed by atoms with van der Waals surface area (Å²) in [5.41, 5.74) is 12.8. The van der Waals surface area contributed by atoms with Crippen LogP contribution in [0.5, 0.6) is 11.5 Å². The number of fused-ring (bicyclic) bond motifs is 8. The molecule has 0 fully saturated rings. The van der Waals surface area contributed by atoms with Crippen molar-refractivity contribution in [2.75, 3.05) is 4.90 Å². The summed E-state index contributed by atoms with van der Waals surface area (Å²) in [4.78, 5) is 2.35. The van der Waals surface area contributed by atoms with Crippen molar-refractivity contribution < 1.29 is 4.74 Å². The second-order valence-electron chi connectivity index (χ2n) is 19.9. The van der Waals surface area contributed by atoms with E-state index in [0.29, 0.717) is 0 Å². The van der Waals surface area contributed by atoms with Crippen molar-refractivity contribution >= 4 is 74.7 Å². The van der Waals surface area contributed by atoms with Gasteiger partial charge in [-0.05, 0) is 135 Å². The third-order valence-electron chi connectivity index (χ3n) is 15.9. The average Bonchev–Trinajstić information content (AvgIpc) is 3.59. The van der Waals surface area contributed by atoms with Gasteiger partial charge in [0.2, 0.25) is 0 Å². The van der Waals surface area contributed by atoms with Gasteiger partial charge in [0, 0.05) is 17.1 Å². The first-order valence-corrected chi connectivity index (χ1v) is 30.2. The molecule has 4 heteroatoms. The molecule has 0 bridgehead atoms. The fourth-order valence-electron chi connectivity index (χ4n) is 12.5. The Hall–Kier alpha value is -9.33. The van der Waals surface area contributed by atoms with Gasteiger partial charge in [0.05, 0.1) is 0 Å². The zero-order valence-electron chi connectivity index (χ0n) is 41.8. The van der Waals surface area contributed by atoms with Crippen molar-refractivity contribution in [3.8, 4) is 56.0 Å². The van der Waals surface area contributed by atoms with Gasteiger partial charge in [-0.1, -0.05) is 261 Å². The van der Waals surface area contributed by atoms with Gasteiger partial charge in [-0.2, -0.15) is 0 Å². The summed E-state index contributed by atoms with van der Waals surface area (Å²) in [5, 5.41) is 11.2. The maximum Gasteiger partial charge on any atom is 0.188 e. The predicted molar refractivity (Wildman–Crippen MR) is 324 cm³/mol. The summed E-state index contributed by atoms with van der Waals surface area (Å²) >= 11 is 0. The average molecular weight is 1000 g/mol. The van der Waals surface area contributed by atoms with Crippen molar-refractivity contribution in [1.82, 2.24) is 0 Å². The van der Waals surface area contributed by atoms with Crippen molar-refractivity contribution in [3.05, 3.63) is 309 Å². The lowest BCUT2D eigenvalue weighted by atomic mass is 9.99. The van der Waals surface area contributed by atoms with E-state index in [1.54, 1.807) is 0 Å². The van der Waals surface area contributed by atoms with E-state index in [4.69, 9.17) is 4.74 Å². The maximum absolute atomic E-state index is 7.00. The standard InChI is InChI=1S/C72H51NOSi2/c1-5-20-52(21-6-1)53-36-38-54(39-37-53)55-44-47-61(48-45-55)73(60-23-7-2-8-24-60)62-25-19-22-58(50-62)56-40-42-57(43-41-56)59-46-49-66-72(51-59)76(67-31-14-13-30-65(67)74-66)70-34-17-15-32-68(70)75(63-26-9-3-10-27-63,64-28-11-4-12-29-64)69-33-16-18-35-71(69)76/h1-51H. The van der Waals surface area contributed by atoms with E-state index in [1.807, 2.05) is 0 Å². The second kappa shape index (κ2) is 18.9. The molecule has 2 heterocycles. The van der Waals surface area contributed by atoms with E-state index in [0.717, 1.165) is 39.7 Å². The number of ether oxygens (including phenoxy) is 1. The van der Waals surface area contributed by atoms with Crippen molar-refractivity contribution in [3.63, 3.8) is 0 Å². The highest BCUT2D eigenvalue weighted by atomic mass is 28.3. The SMILES string of the molecule is c1ccc(-c2ccc(-c3ccc(N(c4ccccc4)c4cccc(-c5ccc(-c6ccc7c(c6)[Si]6(c8ccccc8O7)c7ccccc7[Si](c7ccccc7)(c7ccccc7)c7ccccc76)cc5)c4)cc3)cc2)cc1. The largest absolute Gasteiger partial charge is 0.458 e. The second-order valence-corrected chi connectivity index (χ2v) is 27.3. The molecule has 0 N–H and O–H groups in total. The number of rotatable bonds is 9. The number of benzene rings is 12. The van der Waals surface area contributed by atoms with Gasteiger partial charge in [0.1, 0.15) is 11.5 Å². The molecule has 0 radical (unpaired) electrons. The topological polar surface area (TPSA) is 12.5 Å². The van der Waals surface area contributed by atoms with Gasteiger partial charge >= 0.3 is 0 Å². The molecule has 14 rings (SSSR count). The molecule has 0 unspecified atom stereocenters. The van der Waals surface area contributed by atoms with Gasteiger partial charge in [-0.15, -0.1) is 0 Å². The lowest BCUT2D eigenvalue weighted by Crippen LogP contribution is -2.93. The number of hydrogen-bond acceptors (Lipinski definition) is 2. The first-order chi connectivity index (χ1) is 37.7. The van der Waals surface area contributed by atoms with Crippen LogP contribution >= 0.6 is 0 Å². The summed E-state index contributed by atoms with van der Waals surface area (Å²) in [6.07, 6.45) is 0. The van der Waals surface area contributed by atoms with E-state index >= 15 is 0 Å². The van der Waals surface area contributed by atoms with Crippen molar-refractivity contribution in [2.45, 2.75) is 0 Å². The Labute approximate surface area is 447 Å². The molecule has 76 heavy (non-hydrogen) atoms. The van der Waals surface area contributed by atoms with Crippen LogP contribution in [0.2, 0.25) is 0 Å². The maximum atomic E-state index is 7.00. The van der Waals surface area contributed by atoms with Crippen LogP contribution < -0.4 is 51.1 Å². The lowest BCUT2D eigenvalue weighted by molar-refractivity contribution is 0.487. The zero-order chi connectivity index (χ0) is 50.5. The number of anilines is 3. The first kappa shape index (κ1) is 45.3. The summed E-state index contributed by atoms with van der Waals surface area (Å²) in [6.45, 7) is 0. The third-order valence-corrected chi connectivity index (χ3v) is 26.2. The summed E-state index contributed by atoms with van der Waals surface area (Å²) in [5.74, 6) is 1.89. The first-order valence-electron chi connectivity index (χ1n) is 26.2. The Kier molecular flexibility index (Phi) is 11.2. The normalized spacial score (nSPS) is 13.3. The quantitative estimate of drug-likeness (QED) is 0.134. The van der Waals surface area contributed by atoms with Crippen LogP contribution in [0.3, 0.4) is 0 Å². The third kappa shape index (κ3) is 7.37. The summed E-state index contributed by atoms with van der Waals surface area (Å²) in [6, 6.07) is 115. The molecule has 0 amide bonds. The molecule has 2 aliphatic heterocycles. The molecular formula is C72H51NOSi2. The Balaban J connectivity index is 0.844. The highest BCUT2D eigenvalue weighted by Gasteiger charge is 2.59. The molecular weight excluding hydrogens is 951 g/mol. The minimum atomic E-state index is -3.04. The molecule has 2 aliphatic rings. The van der Waals surface area contributed by atoms with Gasteiger partial charge in [0.15, 0.2) is 16.1 Å². The molecule has 0 saturated carbocycles. The summed E-state index contributed by atoms with van der Waals surface area (Å²) in [7, 11) is -5.87. The van der Waals surface area contributed by atoms with E-state index in [9.17, 15) is 0 Å². The Morgan fingerprint density at radius 3 is 1.09 bits per heavy atom. The molecule has 0 aromatic heterocycles. The van der Waals surface area contributed by atoms with E-state index in [1.165, 1.54) is 74.9 Å². The minimum Gasteiger partial charge on any atom is -0.458 e. The smallest absolute Gasteiger partial charge is 0.188 e. The molecule has 12 aromatic carbocycles. The van der Waals surface area contributed by atoms with Crippen LogP contribution in [-0.2, 0) is 0 Å². The molecule has 358 valence electrons.